The van der Waals surface area contributed by atoms with Gasteiger partial charge >= 0.3 is 0 Å². The number of benzene rings is 3. The lowest BCUT2D eigenvalue weighted by molar-refractivity contribution is 0.255. The summed E-state index contributed by atoms with van der Waals surface area (Å²) in [7, 11) is 8.07. The van der Waals surface area contributed by atoms with Crippen LogP contribution in [0.1, 0.15) is 16.7 Å². The first-order chi connectivity index (χ1) is 19.1. The summed E-state index contributed by atoms with van der Waals surface area (Å²) >= 11 is 0. The molecule has 0 radical (unpaired) electrons. The van der Waals surface area contributed by atoms with Gasteiger partial charge in [0.1, 0.15) is 0 Å². The number of ether oxygens (including phenoxy) is 5. The number of tetrazole rings is 1. The Morgan fingerprint density at radius 3 is 2.10 bits per heavy atom. The van der Waals surface area contributed by atoms with Crippen LogP contribution in [0.15, 0.2) is 48.5 Å². The molecule has 0 N–H and O–H groups in total. The largest absolute Gasteiger partial charge is 0.493 e. The van der Waals surface area contributed by atoms with Gasteiger partial charge in [0.05, 0.1) is 46.8 Å². The molecule has 0 saturated carbocycles. The highest BCUT2D eigenvalue weighted by atomic mass is 16.5. The Balaban J connectivity index is 1.25. The topological polar surface area (TPSA) is 93.0 Å². The Kier molecular flexibility index (Phi) is 7.83. The van der Waals surface area contributed by atoms with E-state index in [9.17, 15) is 0 Å². The highest BCUT2D eigenvalue weighted by Gasteiger charge is 2.21. The van der Waals surface area contributed by atoms with E-state index in [0.29, 0.717) is 28.6 Å². The van der Waals surface area contributed by atoms with Crippen LogP contribution >= 0.6 is 0 Å². The zero-order valence-electron chi connectivity index (χ0n) is 22.9. The van der Waals surface area contributed by atoms with E-state index in [1.165, 1.54) is 21.5 Å². The number of hydrogen-bond acceptors (Lipinski definition) is 9. The predicted octanol–water partition coefficient (Wildman–Crippen LogP) is 3.97. The fraction of sp³-hybridized carbons (Fsp3) is 0.345. The maximum atomic E-state index is 5.58. The summed E-state index contributed by atoms with van der Waals surface area (Å²) in [5, 5.41) is 13.1. The summed E-state index contributed by atoms with van der Waals surface area (Å²) < 4.78 is 27.4. The maximum absolute atomic E-state index is 5.58. The van der Waals surface area contributed by atoms with Crippen molar-refractivity contribution in [3.05, 3.63) is 65.2 Å². The minimum Gasteiger partial charge on any atom is -0.493 e. The molecule has 4 aromatic rings. The Labute approximate surface area is 228 Å². The molecule has 5 rings (SSSR count). The minimum atomic E-state index is 0.427. The molecule has 0 fully saturated rings. The van der Waals surface area contributed by atoms with Gasteiger partial charge in [-0.3, -0.25) is 4.90 Å². The van der Waals surface area contributed by atoms with Gasteiger partial charge in [-0.1, -0.05) is 12.1 Å². The molecule has 0 bridgehead atoms. The number of hydrogen-bond donors (Lipinski definition) is 0. The van der Waals surface area contributed by atoms with E-state index in [4.69, 9.17) is 23.7 Å². The van der Waals surface area contributed by atoms with Crippen LogP contribution in [0.4, 0.5) is 0 Å². The third-order valence-electron chi connectivity index (χ3n) is 7.04. The number of fused-ring (bicyclic) bond motifs is 1. The number of methoxy groups -OCH3 is 5. The second-order valence-electron chi connectivity index (χ2n) is 9.20. The van der Waals surface area contributed by atoms with Gasteiger partial charge in [0.25, 0.3) is 0 Å². The Morgan fingerprint density at radius 1 is 0.744 bits per heavy atom. The lowest BCUT2D eigenvalue weighted by atomic mass is 9.98. The van der Waals surface area contributed by atoms with Crippen LogP contribution < -0.4 is 23.7 Å². The van der Waals surface area contributed by atoms with Crippen LogP contribution in [0, 0.1) is 0 Å². The third-order valence-corrected chi connectivity index (χ3v) is 7.04. The van der Waals surface area contributed by atoms with Gasteiger partial charge in [-0.2, -0.15) is 0 Å². The van der Waals surface area contributed by atoms with Crippen molar-refractivity contribution >= 4 is 0 Å². The molecule has 39 heavy (non-hydrogen) atoms. The normalized spacial score (nSPS) is 13.1. The van der Waals surface area contributed by atoms with E-state index < -0.39 is 0 Å². The molecule has 1 aliphatic rings. The molecule has 0 spiro atoms. The standard InChI is InChI=1S/C29H33N5O5/c1-35-24-11-10-23(27(38-4)28(24)39-5)29-30-32-34(31-29)22-8-6-19(7-9-22)12-14-33-15-13-20-16-25(36-2)26(37-3)17-21(20)18-33/h6-11,16-17H,12-15,18H2,1-5H3. The molecular formula is C29H33N5O5. The first kappa shape index (κ1) is 26.3. The molecule has 3 aromatic carbocycles. The van der Waals surface area contributed by atoms with Crippen molar-refractivity contribution in [3.63, 3.8) is 0 Å². The van der Waals surface area contributed by atoms with Gasteiger partial charge in [0.2, 0.25) is 11.6 Å². The molecule has 0 amide bonds. The summed E-state index contributed by atoms with van der Waals surface area (Å²) in [6.45, 7) is 2.89. The molecule has 10 heteroatoms. The summed E-state index contributed by atoms with van der Waals surface area (Å²) in [5.74, 6) is 3.54. The van der Waals surface area contributed by atoms with Crippen LogP contribution in [0.5, 0.6) is 28.7 Å². The van der Waals surface area contributed by atoms with E-state index >= 15 is 0 Å². The summed E-state index contributed by atoms with van der Waals surface area (Å²) in [6.07, 6.45) is 1.95. The maximum Gasteiger partial charge on any atom is 0.209 e. The van der Waals surface area contributed by atoms with Crippen molar-refractivity contribution in [3.8, 4) is 45.8 Å². The summed E-state index contributed by atoms with van der Waals surface area (Å²) in [4.78, 5) is 3.99. The van der Waals surface area contributed by atoms with Gasteiger partial charge in [-0.05, 0) is 71.1 Å². The quantitative estimate of drug-likeness (QED) is 0.301. The van der Waals surface area contributed by atoms with Crippen molar-refractivity contribution < 1.29 is 23.7 Å². The summed E-state index contributed by atoms with van der Waals surface area (Å²) in [6, 6.07) is 16.1. The van der Waals surface area contributed by atoms with Gasteiger partial charge < -0.3 is 23.7 Å². The molecule has 0 saturated heterocycles. The average molecular weight is 532 g/mol. The van der Waals surface area contributed by atoms with Crippen LogP contribution in [0.2, 0.25) is 0 Å². The number of aromatic nitrogens is 4. The van der Waals surface area contributed by atoms with Crippen molar-refractivity contribution in [2.45, 2.75) is 19.4 Å². The molecule has 0 unspecified atom stereocenters. The second-order valence-corrected chi connectivity index (χ2v) is 9.20. The first-order valence-electron chi connectivity index (χ1n) is 12.7. The molecular weight excluding hydrogens is 498 g/mol. The molecule has 0 atom stereocenters. The molecule has 2 heterocycles. The van der Waals surface area contributed by atoms with Crippen LogP contribution in [0.25, 0.3) is 17.1 Å². The highest BCUT2D eigenvalue weighted by Crippen LogP contribution is 2.43. The smallest absolute Gasteiger partial charge is 0.209 e. The highest BCUT2D eigenvalue weighted by molar-refractivity contribution is 5.71. The van der Waals surface area contributed by atoms with Crippen molar-refractivity contribution in [2.75, 3.05) is 48.6 Å². The van der Waals surface area contributed by atoms with E-state index in [-0.39, 0.29) is 0 Å². The van der Waals surface area contributed by atoms with Gasteiger partial charge in [-0.15, -0.1) is 15.0 Å². The molecule has 1 aromatic heterocycles. The van der Waals surface area contributed by atoms with Gasteiger partial charge in [0.15, 0.2) is 23.0 Å². The SMILES string of the molecule is COc1cc2c(cc1OC)CN(CCc1ccc(-n3nnc(-c4ccc(OC)c(OC)c4OC)n3)cc1)CC2. The molecule has 10 nitrogen and oxygen atoms in total. The number of rotatable bonds is 10. The average Bonchev–Trinajstić information content (AvgIpc) is 3.48. The van der Waals surface area contributed by atoms with Crippen LogP contribution in [-0.4, -0.2) is 73.7 Å². The fourth-order valence-corrected chi connectivity index (χ4v) is 4.92. The number of nitrogens with zero attached hydrogens (tertiary/aromatic N) is 5. The van der Waals surface area contributed by atoms with Crippen LogP contribution in [0.3, 0.4) is 0 Å². The van der Waals surface area contributed by atoms with Crippen molar-refractivity contribution in [1.29, 1.82) is 0 Å². The Bertz CT molecular complexity index is 1440. The van der Waals surface area contributed by atoms with Gasteiger partial charge in [-0.25, -0.2) is 0 Å². The zero-order chi connectivity index (χ0) is 27.4. The fourth-order valence-electron chi connectivity index (χ4n) is 4.92. The monoisotopic (exact) mass is 531 g/mol. The zero-order valence-corrected chi connectivity index (χ0v) is 22.9. The molecule has 0 aliphatic carbocycles. The Morgan fingerprint density at radius 2 is 1.44 bits per heavy atom. The van der Waals surface area contributed by atoms with E-state index in [1.54, 1.807) is 41.6 Å². The summed E-state index contributed by atoms with van der Waals surface area (Å²) in [5.41, 5.74) is 5.37. The first-order valence-corrected chi connectivity index (χ1v) is 12.7. The van der Waals surface area contributed by atoms with Crippen LogP contribution in [-0.2, 0) is 19.4 Å². The third kappa shape index (κ3) is 5.33. The molecule has 204 valence electrons. The van der Waals surface area contributed by atoms with E-state index in [1.807, 2.05) is 18.2 Å². The van der Waals surface area contributed by atoms with E-state index in [2.05, 4.69) is 44.6 Å². The predicted molar refractivity (Wildman–Crippen MR) is 146 cm³/mol. The van der Waals surface area contributed by atoms with Gasteiger partial charge in [0, 0.05) is 19.6 Å². The van der Waals surface area contributed by atoms with E-state index in [0.717, 1.165) is 49.7 Å². The van der Waals surface area contributed by atoms with Crippen molar-refractivity contribution in [1.82, 2.24) is 25.1 Å². The lowest BCUT2D eigenvalue weighted by Crippen LogP contribution is -2.32. The second kappa shape index (κ2) is 11.6. The Hall–Kier alpha value is -4.31. The molecule has 1 aliphatic heterocycles. The van der Waals surface area contributed by atoms with Crippen molar-refractivity contribution in [2.24, 2.45) is 0 Å². The minimum absolute atomic E-state index is 0.427. The lowest BCUT2D eigenvalue weighted by Gasteiger charge is -2.29.